The zero-order chi connectivity index (χ0) is 12.5. The van der Waals surface area contributed by atoms with Crippen LogP contribution in [0.1, 0.15) is 12.8 Å². The van der Waals surface area contributed by atoms with Gasteiger partial charge < -0.3 is 10.7 Å². The van der Waals surface area contributed by atoms with Crippen LogP contribution in [0.2, 0.25) is 0 Å². The summed E-state index contributed by atoms with van der Waals surface area (Å²) >= 11 is 0. The molecule has 96 valence electrons. The quantitative estimate of drug-likeness (QED) is 0.817. The third-order valence-electron chi connectivity index (χ3n) is 3.58. The predicted octanol–water partition coefficient (Wildman–Crippen LogP) is 0.732. The number of hydrogen-bond acceptors (Lipinski definition) is 5. The number of fused-ring (bicyclic) bond motifs is 1. The molecule has 3 heterocycles. The smallest absolute Gasteiger partial charge is 0.155 e. The molecule has 0 radical (unpaired) electrons. The number of piperidine rings is 1. The molecule has 0 bridgehead atoms. The van der Waals surface area contributed by atoms with Crippen LogP contribution >= 0.6 is 0 Å². The number of aromatic nitrogens is 3. The summed E-state index contributed by atoms with van der Waals surface area (Å²) in [5.41, 5.74) is 6.81. The Balaban J connectivity index is 1.87. The molecule has 1 fully saturated rings. The van der Waals surface area contributed by atoms with Crippen molar-refractivity contribution in [1.29, 1.82) is 0 Å². The van der Waals surface area contributed by atoms with E-state index in [9.17, 15) is 0 Å². The van der Waals surface area contributed by atoms with Crippen LogP contribution in [-0.4, -0.2) is 46.1 Å². The van der Waals surface area contributed by atoms with Crippen molar-refractivity contribution in [2.24, 2.45) is 5.73 Å². The van der Waals surface area contributed by atoms with Gasteiger partial charge in [-0.3, -0.25) is 5.01 Å². The van der Waals surface area contributed by atoms with Crippen LogP contribution in [0.25, 0.3) is 11.0 Å². The van der Waals surface area contributed by atoms with Crippen molar-refractivity contribution in [3.63, 3.8) is 0 Å². The van der Waals surface area contributed by atoms with Crippen LogP contribution in [0.15, 0.2) is 18.6 Å². The summed E-state index contributed by atoms with van der Waals surface area (Å²) in [5.74, 6) is 0.941. The Labute approximate surface area is 106 Å². The summed E-state index contributed by atoms with van der Waals surface area (Å²) in [6, 6.07) is 2.35. The standard InChI is InChI=1S/C12H18N6/c1-17(18-6-3-9(13)4-7-18)12-10-2-5-14-11(10)15-8-16-12/h2,5,8-9H,3-4,6-7,13H2,1H3,(H,14,15,16). The van der Waals surface area contributed by atoms with Crippen molar-refractivity contribution < 1.29 is 0 Å². The van der Waals surface area contributed by atoms with Gasteiger partial charge in [-0.1, -0.05) is 0 Å². The number of H-pyrrole nitrogens is 1. The van der Waals surface area contributed by atoms with Gasteiger partial charge in [-0.25, -0.2) is 15.0 Å². The fourth-order valence-electron chi connectivity index (χ4n) is 2.44. The zero-order valence-corrected chi connectivity index (χ0v) is 10.5. The van der Waals surface area contributed by atoms with E-state index in [-0.39, 0.29) is 0 Å². The second-order valence-corrected chi connectivity index (χ2v) is 4.75. The molecule has 3 rings (SSSR count). The van der Waals surface area contributed by atoms with E-state index in [0.717, 1.165) is 42.8 Å². The number of nitrogens with zero attached hydrogens (tertiary/aromatic N) is 4. The van der Waals surface area contributed by atoms with Gasteiger partial charge in [-0.2, -0.15) is 0 Å². The number of nitrogens with one attached hydrogen (secondary N) is 1. The van der Waals surface area contributed by atoms with Gasteiger partial charge >= 0.3 is 0 Å². The van der Waals surface area contributed by atoms with E-state index < -0.39 is 0 Å². The highest BCUT2D eigenvalue weighted by atomic mass is 15.6. The average molecular weight is 246 g/mol. The van der Waals surface area contributed by atoms with Gasteiger partial charge in [0.05, 0.1) is 5.39 Å². The number of hydrogen-bond donors (Lipinski definition) is 2. The fraction of sp³-hybridized carbons (Fsp3) is 0.500. The van der Waals surface area contributed by atoms with Crippen molar-refractivity contribution in [2.75, 3.05) is 25.1 Å². The average Bonchev–Trinajstić information content (AvgIpc) is 2.87. The molecule has 6 nitrogen and oxygen atoms in total. The lowest BCUT2D eigenvalue weighted by molar-refractivity contribution is 0.204. The number of aromatic amines is 1. The Bertz CT molecular complexity index is 528. The van der Waals surface area contributed by atoms with Crippen LogP contribution in [0.4, 0.5) is 5.82 Å². The first kappa shape index (κ1) is 11.4. The lowest BCUT2D eigenvalue weighted by Crippen LogP contribution is -2.48. The molecule has 1 aliphatic heterocycles. The molecule has 0 amide bonds. The predicted molar refractivity (Wildman–Crippen MR) is 71.1 cm³/mol. The molecule has 2 aromatic rings. The van der Waals surface area contributed by atoms with Crippen molar-refractivity contribution >= 4 is 16.9 Å². The highest BCUT2D eigenvalue weighted by molar-refractivity contribution is 5.86. The topological polar surface area (TPSA) is 74.1 Å². The minimum atomic E-state index is 0.340. The summed E-state index contributed by atoms with van der Waals surface area (Å²) in [6.45, 7) is 1.96. The Morgan fingerprint density at radius 1 is 1.39 bits per heavy atom. The van der Waals surface area contributed by atoms with Gasteiger partial charge in [-0.15, -0.1) is 0 Å². The fourth-order valence-corrected chi connectivity index (χ4v) is 2.44. The van der Waals surface area contributed by atoms with Gasteiger partial charge in [0.2, 0.25) is 0 Å². The van der Waals surface area contributed by atoms with E-state index >= 15 is 0 Å². The molecule has 1 saturated heterocycles. The summed E-state index contributed by atoms with van der Waals surface area (Å²) in [5, 5.41) is 5.46. The van der Waals surface area contributed by atoms with Crippen molar-refractivity contribution in [2.45, 2.75) is 18.9 Å². The molecule has 0 spiro atoms. The van der Waals surface area contributed by atoms with E-state index in [0.29, 0.717) is 6.04 Å². The minimum absolute atomic E-state index is 0.340. The van der Waals surface area contributed by atoms with E-state index in [1.807, 2.05) is 19.3 Å². The lowest BCUT2D eigenvalue weighted by Gasteiger charge is -2.37. The molecule has 2 aromatic heterocycles. The summed E-state index contributed by atoms with van der Waals surface area (Å²) < 4.78 is 0. The van der Waals surface area contributed by atoms with Gasteiger partial charge in [0.25, 0.3) is 0 Å². The molecular formula is C12H18N6. The van der Waals surface area contributed by atoms with Crippen LogP contribution in [0.5, 0.6) is 0 Å². The lowest BCUT2D eigenvalue weighted by atomic mass is 10.1. The normalized spacial score (nSPS) is 18.3. The van der Waals surface area contributed by atoms with Crippen LogP contribution in [0.3, 0.4) is 0 Å². The highest BCUT2D eigenvalue weighted by Gasteiger charge is 2.21. The number of hydrazine groups is 1. The monoisotopic (exact) mass is 246 g/mol. The van der Waals surface area contributed by atoms with Crippen molar-refractivity contribution in [3.8, 4) is 0 Å². The molecule has 6 heteroatoms. The number of nitrogens with two attached hydrogens (primary N) is 1. The molecular weight excluding hydrogens is 228 g/mol. The Morgan fingerprint density at radius 3 is 2.94 bits per heavy atom. The molecule has 1 aliphatic rings. The first-order valence-electron chi connectivity index (χ1n) is 6.28. The second-order valence-electron chi connectivity index (χ2n) is 4.75. The Hall–Kier alpha value is -1.66. The Morgan fingerprint density at radius 2 is 2.17 bits per heavy atom. The maximum absolute atomic E-state index is 5.93. The van der Waals surface area contributed by atoms with Crippen LogP contribution in [0, 0.1) is 0 Å². The highest BCUT2D eigenvalue weighted by Crippen LogP contribution is 2.23. The Kier molecular flexibility index (Phi) is 2.89. The molecule has 0 unspecified atom stereocenters. The molecule has 0 atom stereocenters. The van der Waals surface area contributed by atoms with E-state index in [1.165, 1.54) is 0 Å². The van der Waals surface area contributed by atoms with Gasteiger partial charge in [0.15, 0.2) is 5.82 Å². The number of rotatable bonds is 2. The third kappa shape index (κ3) is 1.93. The minimum Gasteiger partial charge on any atom is -0.346 e. The van der Waals surface area contributed by atoms with Gasteiger partial charge in [0, 0.05) is 32.4 Å². The van der Waals surface area contributed by atoms with Gasteiger partial charge in [0.1, 0.15) is 12.0 Å². The summed E-state index contributed by atoms with van der Waals surface area (Å²) in [7, 11) is 2.05. The first-order valence-corrected chi connectivity index (χ1v) is 6.28. The van der Waals surface area contributed by atoms with E-state index in [4.69, 9.17) is 5.73 Å². The van der Waals surface area contributed by atoms with Crippen LogP contribution in [-0.2, 0) is 0 Å². The summed E-state index contributed by atoms with van der Waals surface area (Å²) in [6.07, 6.45) is 5.56. The second kappa shape index (κ2) is 4.55. The maximum atomic E-state index is 5.93. The largest absolute Gasteiger partial charge is 0.346 e. The SMILES string of the molecule is CN(c1ncnc2[nH]ccc12)N1CCC(N)CC1. The van der Waals surface area contributed by atoms with E-state index in [2.05, 4.69) is 25.0 Å². The summed E-state index contributed by atoms with van der Waals surface area (Å²) in [4.78, 5) is 11.7. The molecule has 0 aromatic carbocycles. The van der Waals surface area contributed by atoms with E-state index in [1.54, 1.807) is 6.33 Å². The van der Waals surface area contributed by atoms with Crippen molar-refractivity contribution in [3.05, 3.63) is 18.6 Å². The van der Waals surface area contributed by atoms with Gasteiger partial charge in [-0.05, 0) is 18.9 Å². The molecule has 0 saturated carbocycles. The third-order valence-corrected chi connectivity index (χ3v) is 3.58. The van der Waals surface area contributed by atoms with Crippen molar-refractivity contribution in [1.82, 2.24) is 20.0 Å². The van der Waals surface area contributed by atoms with Crippen LogP contribution < -0.4 is 10.7 Å². The molecule has 18 heavy (non-hydrogen) atoms. The maximum Gasteiger partial charge on any atom is 0.155 e. The molecule has 0 aliphatic carbocycles. The molecule has 3 N–H and O–H groups in total. The first-order chi connectivity index (χ1) is 8.75. The zero-order valence-electron chi connectivity index (χ0n) is 10.5. The number of anilines is 1.